The molecule has 0 bridgehead atoms. The van der Waals surface area contributed by atoms with Crippen molar-refractivity contribution >= 4 is 0 Å². The minimum atomic E-state index is 0.224. The zero-order chi connectivity index (χ0) is 14.5. The van der Waals surface area contributed by atoms with Crippen molar-refractivity contribution in [2.45, 2.75) is 46.2 Å². The van der Waals surface area contributed by atoms with Crippen molar-refractivity contribution in [3.63, 3.8) is 0 Å². The molecule has 2 aromatic heterocycles. The van der Waals surface area contributed by atoms with E-state index in [9.17, 15) is 0 Å². The maximum absolute atomic E-state index is 4.61. The minimum Gasteiger partial charge on any atom is -0.311 e. The molecule has 0 radical (unpaired) electrons. The van der Waals surface area contributed by atoms with E-state index in [1.165, 1.54) is 11.3 Å². The van der Waals surface area contributed by atoms with E-state index in [-0.39, 0.29) is 6.04 Å². The van der Waals surface area contributed by atoms with Crippen LogP contribution in [0.3, 0.4) is 0 Å². The highest BCUT2D eigenvalue weighted by atomic mass is 15.3. The number of pyridine rings is 1. The van der Waals surface area contributed by atoms with Crippen molar-refractivity contribution in [2.24, 2.45) is 0 Å². The minimum absolute atomic E-state index is 0.224. The summed E-state index contributed by atoms with van der Waals surface area (Å²) in [5.74, 6) is 0. The summed E-state index contributed by atoms with van der Waals surface area (Å²) in [5.41, 5.74) is 4.77. The lowest BCUT2D eigenvalue weighted by molar-refractivity contribution is 0.531. The normalized spacial score (nSPS) is 12.6. The van der Waals surface area contributed by atoms with E-state index in [0.717, 1.165) is 30.8 Å². The van der Waals surface area contributed by atoms with Crippen molar-refractivity contribution in [2.75, 3.05) is 7.05 Å². The van der Waals surface area contributed by atoms with Crippen LogP contribution >= 0.6 is 0 Å². The van der Waals surface area contributed by atoms with Crippen molar-refractivity contribution in [1.82, 2.24) is 20.1 Å². The predicted molar refractivity (Wildman–Crippen MR) is 81.8 cm³/mol. The number of nitrogens with zero attached hydrogens (tertiary/aromatic N) is 3. The predicted octanol–water partition coefficient (Wildman–Crippen LogP) is 2.67. The molecule has 1 unspecified atom stereocenters. The van der Waals surface area contributed by atoms with Gasteiger partial charge < -0.3 is 5.32 Å². The van der Waals surface area contributed by atoms with Crippen molar-refractivity contribution < 1.29 is 0 Å². The highest BCUT2D eigenvalue weighted by Crippen LogP contribution is 2.18. The summed E-state index contributed by atoms with van der Waals surface area (Å²) < 4.78 is 2.10. The Morgan fingerprint density at radius 3 is 2.70 bits per heavy atom. The van der Waals surface area contributed by atoms with Crippen molar-refractivity contribution in [1.29, 1.82) is 0 Å². The van der Waals surface area contributed by atoms with Gasteiger partial charge in [-0.05, 0) is 51.1 Å². The van der Waals surface area contributed by atoms with Crippen LogP contribution in [0.25, 0.3) is 0 Å². The average molecular weight is 272 g/mol. The van der Waals surface area contributed by atoms with Crippen LogP contribution in [0.1, 0.15) is 42.5 Å². The summed E-state index contributed by atoms with van der Waals surface area (Å²) in [5, 5.41) is 7.98. The summed E-state index contributed by atoms with van der Waals surface area (Å²) in [6, 6.07) is 6.61. The maximum Gasteiger partial charge on any atom is 0.0624 e. The largest absolute Gasteiger partial charge is 0.311 e. The molecule has 0 saturated carbocycles. The number of likely N-dealkylation sites (N-methyl/N-ethyl adjacent to an activating group) is 1. The number of aromatic nitrogens is 3. The van der Waals surface area contributed by atoms with Gasteiger partial charge in [-0.2, -0.15) is 5.10 Å². The fourth-order valence-electron chi connectivity index (χ4n) is 2.44. The van der Waals surface area contributed by atoms with Crippen molar-refractivity contribution in [3.8, 4) is 0 Å². The molecule has 0 saturated heterocycles. The lowest BCUT2D eigenvalue weighted by Gasteiger charge is -2.16. The Morgan fingerprint density at radius 1 is 1.30 bits per heavy atom. The Morgan fingerprint density at radius 2 is 2.10 bits per heavy atom. The van der Waals surface area contributed by atoms with Gasteiger partial charge in [-0.1, -0.05) is 6.92 Å². The summed E-state index contributed by atoms with van der Waals surface area (Å²) in [6.07, 6.45) is 3.77. The van der Waals surface area contributed by atoms with Gasteiger partial charge in [0.25, 0.3) is 0 Å². The van der Waals surface area contributed by atoms with E-state index in [0.29, 0.717) is 0 Å². The molecule has 4 nitrogen and oxygen atoms in total. The van der Waals surface area contributed by atoms with Crippen LogP contribution in [0.4, 0.5) is 0 Å². The molecule has 0 aliphatic rings. The van der Waals surface area contributed by atoms with Crippen molar-refractivity contribution in [3.05, 3.63) is 47.0 Å². The summed E-state index contributed by atoms with van der Waals surface area (Å²) in [6.45, 7) is 7.29. The summed E-state index contributed by atoms with van der Waals surface area (Å²) in [4.78, 5) is 4.50. The number of rotatable bonds is 6. The number of aryl methyl sites for hydroxylation is 3. The molecule has 0 aromatic carbocycles. The molecule has 1 N–H and O–H groups in total. The zero-order valence-corrected chi connectivity index (χ0v) is 12.8. The first kappa shape index (κ1) is 14.7. The Hall–Kier alpha value is -1.68. The molecule has 20 heavy (non-hydrogen) atoms. The lowest BCUT2D eigenvalue weighted by Crippen LogP contribution is -2.21. The first-order chi connectivity index (χ1) is 9.67. The van der Waals surface area contributed by atoms with Crippen LogP contribution in [0.2, 0.25) is 0 Å². The number of hydrogen-bond donors (Lipinski definition) is 1. The molecule has 2 rings (SSSR count). The lowest BCUT2D eigenvalue weighted by atomic mass is 10.1. The van der Waals surface area contributed by atoms with E-state index in [2.05, 4.69) is 53.0 Å². The average Bonchev–Trinajstić information content (AvgIpc) is 2.87. The molecular weight excluding hydrogens is 248 g/mol. The van der Waals surface area contributed by atoms with Crippen LogP contribution in [-0.2, 0) is 19.4 Å². The highest BCUT2D eigenvalue weighted by molar-refractivity contribution is 5.20. The zero-order valence-electron chi connectivity index (χ0n) is 12.8. The molecule has 0 amide bonds. The molecule has 0 spiro atoms. The van der Waals surface area contributed by atoms with E-state index < -0.39 is 0 Å². The number of nitrogens with one attached hydrogen (secondary N) is 1. The van der Waals surface area contributed by atoms with Gasteiger partial charge in [-0.25, -0.2) is 0 Å². The van der Waals surface area contributed by atoms with Gasteiger partial charge >= 0.3 is 0 Å². The second-order valence-electron chi connectivity index (χ2n) is 5.10. The van der Waals surface area contributed by atoms with Crippen LogP contribution in [0, 0.1) is 6.92 Å². The van der Waals surface area contributed by atoms with Gasteiger partial charge in [0, 0.05) is 24.9 Å². The van der Waals surface area contributed by atoms with E-state index in [1.54, 1.807) is 0 Å². The van der Waals surface area contributed by atoms with Gasteiger partial charge in [-0.15, -0.1) is 0 Å². The van der Waals surface area contributed by atoms with Gasteiger partial charge in [0.1, 0.15) is 0 Å². The molecule has 0 aliphatic heterocycles. The van der Waals surface area contributed by atoms with Gasteiger partial charge in [0.05, 0.1) is 17.4 Å². The van der Waals surface area contributed by atoms with Gasteiger partial charge in [-0.3, -0.25) is 9.67 Å². The Kier molecular flexibility index (Phi) is 4.90. The molecule has 4 heteroatoms. The number of hydrogen-bond acceptors (Lipinski definition) is 3. The first-order valence-corrected chi connectivity index (χ1v) is 7.33. The molecule has 108 valence electrons. The quantitative estimate of drug-likeness (QED) is 0.879. The van der Waals surface area contributed by atoms with Crippen LogP contribution in [0.15, 0.2) is 24.4 Å². The monoisotopic (exact) mass is 272 g/mol. The molecular formula is C16H24N4. The molecule has 0 fully saturated rings. The Labute approximate surface area is 121 Å². The third-order valence-electron chi connectivity index (χ3n) is 3.63. The topological polar surface area (TPSA) is 42.7 Å². The Bertz CT molecular complexity index is 559. The third-order valence-corrected chi connectivity index (χ3v) is 3.63. The fraction of sp³-hybridized carbons (Fsp3) is 0.500. The Balaban J connectivity index is 2.24. The fourth-order valence-corrected chi connectivity index (χ4v) is 2.44. The van der Waals surface area contributed by atoms with E-state index >= 15 is 0 Å². The smallest absolute Gasteiger partial charge is 0.0624 e. The molecule has 0 aliphatic carbocycles. The second kappa shape index (κ2) is 6.66. The SMILES string of the molecule is CCc1cc(CC(NC)c2cc(C)ccn2)n(CC)n1. The van der Waals surface area contributed by atoms with Crippen LogP contribution in [0.5, 0.6) is 0 Å². The van der Waals surface area contributed by atoms with E-state index in [4.69, 9.17) is 0 Å². The second-order valence-corrected chi connectivity index (χ2v) is 5.10. The standard InChI is InChI=1S/C16H24N4/c1-5-13-10-14(20(6-2)19-13)11-15(17-4)16-9-12(3)7-8-18-16/h7-10,15,17H,5-6,11H2,1-4H3. The van der Waals surface area contributed by atoms with Crippen LogP contribution < -0.4 is 5.32 Å². The molecule has 1 atom stereocenters. The summed E-state index contributed by atoms with van der Waals surface area (Å²) in [7, 11) is 1.99. The van der Waals surface area contributed by atoms with Gasteiger partial charge in [0.2, 0.25) is 0 Å². The maximum atomic E-state index is 4.61. The summed E-state index contributed by atoms with van der Waals surface area (Å²) >= 11 is 0. The molecule has 2 aromatic rings. The third kappa shape index (κ3) is 3.25. The van der Waals surface area contributed by atoms with Crippen LogP contribution in [-0.4, -0.2) is 21.8 Å². The first-order valence-electron chi connectivity index (χ1n) is 7.33. The highest BCUT2D eigenvalue weighted by Gasteiger charge is 2.15. The van der Waals surface area contributed by atoms with E-state index in [1.807, 2.05) is 19.3 Å². The molecule has 2 heterocycles. The van der Waals surface area contributed by atoms with Gasteiger partial charge in [0.15, 0.2) is 0 Å².